The van der Waals surface area contributed by atoms with Crippen molar-refractivity contribution < 1.29 is 4.74 Å². The van der Waals surface area contributed by atoms with Crippen molar-refractivity contribution in [2.45, 2.75) is 18.9 Å². The molecule has 82 valence electrons. The van der Waals surface area contributed by atoms with Gasteiger partial charge in [-0.15, -0.1) is 11.3 Å². The summed E-state index contributed by atoms with van der Waals surface area (Å²) >= 11 is 4.03. The van der Waals surface area contributed by atoms with Crippen LogP contribution in [0.5, 0.6) is 0 Å². The third kappa shape index (κ3) is 2.72. The Morgan fingerprint density at radius 3 is 3.00 bits per heavy atom. The monoisotopic (exact) mass is 336 g/mol. The zero-order valence-electron chi connectivity index (χ0n) is 8.20. The first-order chi connectivity index (χ1) is 7.31. The van der Waals surface area contributed by atoms with E-state index < -0.39 is 0 Å². The van der Waals surface area contributed by atoms with E-state index in [1.54, 1.807) is 11.3 Å². The highest BCUT2D eigenvalue weighted by Gasteiger charge is 2.19. The van der Waals surface area contributed by atoms with Crippen LogP contribution in [0, 0.1) is 2.88 Å². The Morgan fingerprint density at radius 2 is 2.47 bits per heavy atom. The highest BCUT2D eigenvalue weighted by molar-refractivity contribution is 14.1. The third-order valence-electron chi connectivity index (χ3n) is 2.33. The van der Waals surface area contributed by atoms with Gasteiger partial charge >= 0.3 is 0 Å². The molecule has 1 aromatic rings. The number of nitrogens with two attached hydrogens (primary N) is 1. The number of hydrogen-bond acceptors (Lipinski definition) is 4. The maximum atomic E-state index is 5.62. The summed E-state index contributed by atoms with van der Waals surface area (Å²) in [5.41, 5.74) is 3.99. The molecule has 15 heavy (non-hydrogen) atoms. The van der Waals surface area contributed by atoms with Crippen molar-refractivity contribution in [3.8, 4) is 0 Å². The lowest BCUT2D eigenvalue weighted by Crippen LogP contribution is -2.30. The molecule has 0 amide bonds. The topological polar surface area (TPSA) is 47.3 Å². The Hall–Kier alpha value is -0.110. The van der Waals surface area contributed by atoms with E-state index in [-0.39, 0.29) is 6.04 Å². The van der Waals surface area contributed by atoms with Crippen molar-refractivity contribution >= 4 is 33.9 Å². The summed E-state index contributed by atoms with van der Waals surface area (Å²) < 4.78 is 6.88. The summed E-state index contributed by atoms with van der Waals surface area (Å²) in [6.07, 6.45) is 4.30. The summed E-state index contributed by atoms with van der Waals surface area (Å²) in [6.45, 7) is 0.797. The van der Waals surface area contributed by atoms with Gasteiger partial charge in [-0.3, -0.25) is 5.84 Å². The Labute approximate surface area is 107 Å². The van der Waals surface area contributed by atoms with Gasteiger partial charge in [0.1, 0.15) is 11.8 Å². The number of rotatable bonds is 3. The lowest BCUT2D eigenvalue weighted by molar-refractivity contribution is 0.168. The zero-order chi connectivity index (χ0) is 10.7. The summed E-state index contributed by atoms with van der Waals surface area (Å²) in [4.78, 5) is 0. The van der Waals surface area contributed by atoms with Gasteiger partial charge in [0.05, 0.1) is 9.49 Å². The van der Waals surface area contributed by atoms with Crippen LogP contribution >= 0.6 is 33.9 Å². The number of ether oxygens (including phenoxy) is 1. The smallest absolute Gasteiger partial charge is 0.115 e. The van der Waals surface area contributed by atoms with Gasteiger partial charge in [-0.2, -0.15) is 0 Å². The first kappa shape index (κ1) is 11.4. The maximum Gasteiger partial charge on any atom is 0.115 e. The van der Waals surface area contributed by atoms with E-state index in [4.69, 9.17) is 10.6 Å². The lowest BCUT2D eigenvalue weighted by atomic mass is 10.1. The van der Waals surface area contributed by atoms with E-state index in [0.29, 0.717) is 0 Å². The third-order valence-corrected chi connectivity index (χ3v) is 4.14. The largest absolute Gasteiger partial charge is 0.496 e. The molecule has 3 nitrogen and oxygen atoms in total. The van der Waals surface area contributed by atoms with Crippen molar-refractivity contribution in [3.63, 3.8) is 0 Å². The minimum absolute atomic E-state index is 0.00469. The number of thiophene rings is 1. The van der Waals surface area contributed by atoms with E-state index in [2.05, 4.69) is 45.5 Å². The van der Waals surface area contributed by atoms with Crippen LogP contribution in [0.15, 0.2) is 23.3 Å². The van der Waals surface area contributed by atoms with Crippen LogP contribution in [0.1, 0.15) is 24.4 Å². The van der Waals surface area contributed by atoms with Gasteiger partial charge in [0.15, 0.2) is 0 Å². The molecule has 3 N–H and O–H groups in total. The molecule has 0 fully saturated rings. The second kappa shape index (κ2) is 5.29. The molecular formula is C10H13IN2OS. The van der Waals surface area contributed by atoms with Crippen LogP contribution < -0.4 is 11.3 Å². The SMILES string of the molecule is NNC(C1=CCCCO1)c1csc(I)c1. The zero-order valence-corrected chi connectivity index (χ0v) is 11.2. The molecule has 0 aromatic carbocycles. The number of hydrogen-bond donors (Lipinski definition) is 2. The van der Waals surface area contributed by atoms with Crippen LogP contribution in [0.4, 0.5) is 0 Å². The molecule has 0 saturated heterocycles. The molecule has 1 aliphatic heterocycles. The van der Waals surface area contributed by atoms with E-state index in [9.17, 15) is 0 Å². The fraction of sp³-hybridized carbons (Fsp3) is 0.400. The Morgan fingerprint density at radius 1 is 1.60 bits per heavy atom. The molecule has 0 aliphatic carbocycles. The van der Waals surface area contributed by atoms with Crippen LogP contribution in [-0.4, -0.2) is 6.61 Å². The van der Waals surface area contributed by atoms with Crippen molar-refractivity contribution in [3.05, 3.63) is 31.7 Å². The van der Waals surface area contributed by atoms with Gasteiger partial charge in [0.25, 0.3) is 0 Å². The first-order valence-corrected chi connectivity index (χ1v) is 6.80. The van der Waals surface area contributed by atoms with Crippen LogP contribution in [0.3, 0.4) is 0 Å². The molecule has 1 unspecified atom stereocenters. The Balaban J connectivity index is 2.19. The highest BCUT2D eigenvalue weighted by atomic mass is 127. The number of nitrogens with one attached hydrogen (secondary N) is 1. The first-order valence-electron chi connectivity index (χ1n) is 4.84. The molecule has 5 heteroatoms. The fourth-order valence-electron chi connectivity index (χ4n) is 1.60. The molecule has 0 bridgehead atoms. The molecule has 1 aliphatic rings. The van der Waals surface area contributed by atoms with Gasteiger partial charge in [-0.05, 0) is 58.5 Å². The van der Waals surface area contributed by atoms with Crippen molar-refractivity contribution in [1.82, 2.24) is 5.43 Å². The van der Waals surface area contributed by atoms with Gasteiger partial charge in [-0.25, -0.2) is 5.43 Å². The predicted molar refractivity (Wildman–Crippen MR) is 70.4 cm³/mol. The highest BCUT2D eigenvalue weighted by Crippen LogP contribution is 2.29. The quantitative estimate of drug-likeness (QED) is 0.507. The molecule has 1 atom stereocenters. The second-order valence-electron chi connectivity index (χ2n) is 3.38. The summed E-state index contributed by atoms with van der Waals surface area (Å²) in [6, 6.07) is 2.14. The number of halogens is 1. The summed E-state index contributed by atoms with van der Waals surface area (Å²) in [5.74, 6) is 6.53. The molecule has 2 heterocycles. The normalized spacial score (nSPS) is 18.1. The maximum absolute atomic E-state index is 5.62. The molecule has 1 aromatic heterocycles. The Bertz CT molecular complexity index is 364. The number of allylic oxidation sites excluding steroid dienone is 1. The predicted octanol–water partition coefficient (Wildman–Crippen LogP) is 2.55. The van der Waals surface area contributed by atoms with E-state index in [1.807, 2.05) is 0 Å². The van der Waals surface area contributed by atoms with Crippen LogP contribution in [-0.2, 0) is 4.74 Å². The standard InChI is InChI=1S/C10H13IN2OS/c11-9-5-7(6-15-9)10(13-12)8-3-1-2-4-14-8/h3,5-6,10,13H,1-2,4,12H2. The lowest BCUT2D eigenvalue weighted by Gasteiger charge is -2.22. The molecule has 0 spiro atoms. The van der Waals surface area contributed by atoms with Crippen LogP contribution in [0.2, 0.25) is 0 Å². The van der Waals surface area contributed by atoms with Crippen molar-refractivity contribution in [2.75, 3.05) is 6.61 Å². The average molecular weight is 336 g/mol. The van der Waals surface area contributed by atoms with Crippen LogP contribution in [0.25, 0.3) is 0 Å². The number of hydrazine groups is 1. The van der Waals surface area contributed by atoms with Gasteiger partial charge in [0.2, 0.25) is 0 Å². The Kier molecular flexibility index (Phi) is 4.01. The molecular weight excluding hydrogens is 323 g/mol. The molecule has 0 radical (unpaired) electrons. The van der Waals surface area contributed by atoms with Gasteiger partial charge in [-0.1, -0.05) is 0 Å². The van der Waals surface area contributed by atoms with Crippen molar-refractivity contribution in [1.29, 1.82) is 0 Å². The summed E-state index contributed by atoms with van der Waals surface area (Å²) in [7, 11) is 0. The molecule has 2 rings (SSSR count). The van der Waals surface area contributed by atoms with E-state index >= 15 is 0 Å². The van der Waals surface area contributed by atoms with E-state index in [0.717, 1.165) is 25.2 Å². The van der Waals surface area contributed by atoms with Crippen molar-refractivity contribution in [2.24, 2.45) is 5.84 Å². The van der Waals surface area contributed by atoms with Gasteiger partial charge < -0.3 is 4.74 Å². The minimum atomic E-state index is 0.00469. The minimum Gasteiger partial charge on any atom is -0.496 e. The second-order valence-corrected chi connectivity index (χ2v) is 6.19. The van der Waals surface area contributed by atoms with Gasteiger partial charge in [0, 0.05) is 0 Å². The average Bonchev–Trinajstić information content (AvgIpc) is 2.68. The van der Waals surface area contributed by atoms with E-state index in [1.165, 1.54) is 8.45 Å². The molecule has 0 saturated carbocycles. The summed E-state index contributed by atoms with van der Waals surface area (Å²) in [5, 5.41) is 2.12. The fourth-order valence-corrected chi connectivity index (χ4v) is 2.99.